The third-order valence-corrected chi connectivity index (χ3v) is 5.71. The summed E-state index contributed by atoms with van der Waals surface area (Å²) in [6.07, 6.45) is 5.86. The maximum Gasteiger partial charge on any atom is 0.295 e. The Bertz CT molecular complexity index is 1170. The van der Waals surface area contributed by atoms with Crippen LogP contribution in [0.5, 0.6) is 11.5 Å². The number of carbonyl (C=O) groups excluding carboxylic acids is 2. The summed E-state index contributed by atoms with van der Waals surface area (Å²) in [6.45, 7) is 0.979. The lowest BCUT2D eigenvalue weighted by Crippen LogP contribution is -2.31. The first-order chi connectivity index (χ1) is 16.0. The van der Waals surface area contributed by atoms with Gasteiger partial charge in [-0.1, -0.05) is 24.3 Å². The number of Topliss-reactive ketones (excluding diaryl/α,β-unsaturated/α-hetero) is 1. The first-order valence-electron chi connectivity index (χ1n) is 10.6. The van der Waals surface area contributed by atoms with Crippen LogP contribution >= 0.6 is 0 Å². The van der Waals surface area contributed by atoms with Crippen molar-refractivity contribution in [3.63, 3.8) is 0 Å². The minimum absolute atomic E-state index is 0.0392. The van der Waals surface area contributed by atoms with Crippen molar-refractivity contribution >= 4 is 17.4 Å². The molecule has 2 aromatic carbocycles. The number of ketones is 1. The quantitative estimate of drug-likeness (QED) is 0.323. The van der Waals surface area contributed by atoms with Crippen molar-refractivity contribution in [2.45, 2.75) is 19.0 Å². The minimum Gasteiger partial charge on any atom is -0.507 e. The first kappa shape index (κ1) is 22.1. The predicted octanol–water partition coefficient (Wildman–Crippen LogP) is 3.41. The molecule has 170 valence electrons. The highest BCUT2D eigenvalue weighted by Gasteiger charge is 2.46. The number of hydrogen-bond donors (Lipinski definition) is 1. The third kappa shape index (κ3) is 4.32. The zero-order valence-corrected chi connectivity index (χ0v) is 18.5. The number of carbonyl (C=O) groups is 2. The fourth-order valence-electron chi connectivity index (χ4n) is 4.07. The smallest absolute Gasteiger partial charge is 0.295 e. The van der Waals surface area contributed by atoms with Gasteiger partial charge in [-0.05, 0) is 36.2 Å². The van der Waals surface area contributed by atoms with Crippen LogP contribution in [0.1, 0.15) is 23.6 Å². The summed E-state index contributed by atoms with van der Waals surface area (Å²) in [6, 6.07) is 13.3. The topological polar surface area (TPSA) is 93.9 Å². The molecule has 1 atom stereocenters. The lowest BCUT2D eigenvalue weighted by atomic mass is 9.95. The van der Waals surface area contributed by atoms with Crippen LogP contribution in [0.25, 0.3) is 5.76 Å². The van der Waals surface area contributed by atoms with E-state index in [0.29, 0.717) is 42.1 Å². The molecule has 1 aromatic heterocycles. The fraction of sp³-hybridized carbons (Fsp3) is 0.240. The molecule has 0 aliphatic carbocycles. The number of aryl methyl sites for hydroxylation is 1. The molecule has 1 saturated heterocycles. The minimum atomic E-state index is -0.733. The number of aromatic nitrogens is 2. The maximum atomic E-state index is 13.1. The summed E-state index contributed by atoms with van der Waals surface area (Å²) < 4.78 is 12.5. The first-order valence-corrected chi connectivity index (χ1v) is 10.6. The average molecular weight is 447 g/mol. The summed E-state index contributed by atoms with van der Waals surface area (Å²) in [7, 11) is 3.06. The fourth-order valence-corrected chi connectivity index (χ4v) is 4.07. The van der Waals surface area contributed by atoms with Crippen LogP contribution in [0.3, 0.4) is 0 Å². The van der Waals surface area contributed by atoms with Crippen LogP contribution in [-0.2, 0) is 16.1 Å². The number of aliphatic hydroxyl groups is 1. The van der Waals surface area contributed by atoms with Gasteiger partial charge in [-0.25, -0.2) is 4.98 Å². The molecule has 0 radical (unpaired) electrons. The van der Waals surface area contributed by atoms with Crippen molar-refractivity contribution in [1.29, 1.82) is 0 Å². The summed E-state index contributed by atoms with van der Waals surface area (Å²) in [4.78, 5) is 31.7. The molecule has 1 amide bonds. The number of nitrogens with zero attached hydrogens (tertiary/aromatic N) is 3. The molecule has 1 aliphatic heterocycles. The van der Waals surface area contributed by atoms with Crippen molar-refractivity contribution in [2.24, 2.45) is 0 Å². The van der Waals surface area contributed by atoms with Gasteiger partial charge in [-0.2, -0.15) is 0 Å². The molecule has 1 aliphatic rings. The Morgan fingerprint density at radius 2 is 1.79 bits per heavy atom. The lowest BCUT2D eigenvalue weighted by molar-refractivity contribution is -0.139. The molecule has 8 heteroatoms. The van der Waals surface area contributed by atoms with Crippen molar-refractivity contribution in [3.8, 4) is 11.5 Å². The average Bonchev–Trinajstić information content (AvgIpc) is 3.46. The van der Waals surface area contributed by atoms with E-state index in [0.717, 1.165) is 0 Å². The molecule has 1 unspecified atom stereocenters. The van der Waals surface area contributed by atoms with Gasteiger partial charge in [0.2, 0.25) is 0 Å². The van der Waals surface area contributed by atoms with E-state index in [1.165, 1.54) is 12.0 Å². The van der Waals surface area contributed by atoms with Gasteiger partial charge in [0.25, 0.3) is 11.7 Å². The summed E-state index contributed by atoms with van der Waals surface area (Å²) in [5, 5.41) is 11.2. The highest BCUT2D eigenvalue weighted by Crippen LogP contribution is 2.41. The number of methoxy groups -OCH3 is 2. The largest absolute Gasteiger partial charge is 0.507 e. The van der Waals surface area contributed by atoms with E-state index < -0.39 is 17.7 Å². The van der Waals surface area contributed by atoms with Crippen LogP contribution in [0.15, 0.2) is 72.8 Å². The predicted molar refractivity (Wildman–Crippen MR) is 122 cm³/mol. The number of para-hydroxylation sites is 1. The van der Waals surface area contributed by atoms with E-state index in [2.05, 4.69) is 4.98 Å². The normalized spacial score (nSPS) is 17.4. The molecule has 1 fully saturated rings. The van der Waals surface area contributed by atoms with E-state index in [1.807, 2.05) is 10.8 Å². The molecular weight excluding hydrogens is 422 g/mol. The Hall–Kier alpha value is -4.07. The zero-order chi connectivity index (χ0) is 23.4. The number of ether oxygens (including phenoxy) is 2. The van der Waals surface area contributed by atoms with Gasteiger partial charge in [-0.3, -0.25) is 9.59 Å². The van der Waals surface area contributed by atoms with Gasteiger partial charge in [0.15, 0.2) is 0 Å². The number of amides is 1. The van der Waals surface area contributed by atoms with Crippen LogP contribution < -0.4 is 9.47 Å². The second-order valence-corrected chi connectivity index (χ2v) is 7.62. The number of likely N-dealkylation sites (tertiary alicyclic amines) is 1. The molecular formula is C25H25N3O5. The highest BCUT2D eigenvalue weighted by atomic mass is 16.5. The van der Waals surface area contributed by atoms with Crippen LogP contribution in [0, 0.1) is 0 Å². The van der Waals surface area contributed by atoms with Gasteiger partial charge in [0, 0.05) is 25.5 Å². The third-order valence-electron chi connectivity index (χ3n) is 5.71. The molecule has 33 heavy (non-hydrogen) atoms. The molecule has 2 heterocycles. The summed E-state index contributed by atoms with van der Waals surface area (Å²) >= 11 is 0. The lowest BCUT2D eigenvalue weighted by Gasteiger charge is -2.25. The van der Waals surface area contributed by atoms with Crippen molar-refractivity contribution in [1.82, 2.24) is 14.5 Å². The second-order valence-electron chi connectivity index (χ2n) is 7.62. The second kappa shape index (κ2) is 9.60. The Labute approximate surface area is 191 Å². The van der Waals surface area contributed by atoms with Crippen LogP contribution in [0.4, 0.5) is 0 Å². The van der Waals surface area contributed by atoms with E-state index >= 15 is 0 Å². The summed E-state index contributed by atoms with van der Waals surface area (Å²) in [5.74, 6) is -0.557. The monoisotopic (exact) mass is 447 g/mol. The molecule has 0 saturated carbocycles. The number of aliphatic hydroxyl groups excluding tert-OH is 1. The van der Waals surface area contributed by atoms with Crippen LogP contribution in [0.2, 0.25) is 0 Å². The molecule has 1 N–H and O–H groups in total. The molecule has 0 bridgehead atoms. The molecule has 3 aromatic rings. The number of benzene rings is 2. The van der Waals surface area contributed by atoms with Gasteiger partial charge in [0.05, 0.1) is 37.7 Å². The number of hydrogen-bond acceptors (Lipinski definition) is 6. The van der Waals surface area contributed by atoms with Gasteiger partial charge >= 0.3 is 0 Å². The molecule has 0 spiro atoms. The Balaban J connectivity index is 1.76. The molecule has 4 rings (SSSR count). The van der Waals surface area contributed by atoms with Crippen molar-refractivity contribution in [3.05, 3.63) is 84.0 Å². The standard InChI is InChI=1S/C25H25N3O5/c1-32-18-10-8-17(9-11-18)22-21(23(29)19-6-3-4-7-20(19)33-2)24(30)25(31)28(22)14-5-13-27-15-12-26-16-27/h3-4,6-12,15-16,22,29H,5,13-14H2,1-2H3/b23-21+. The Kier molecular flexibility index (Phi) is 6.44. The van der Waals surface area contributed by atoms with Crippen molar-refractivity contribution in [2.75, 3.05) is 20.8 Å². The van der Waals surface area contributed by atoms with E-state index in [1.54, 1.807) is 68.2 Å². The van der Waals surface area contributed by atoms with Gasteiger partial charge in [-0.15, -0.1) is 0 Å². The van der Waals surface area contributed by atoms with Crippen molar-refractivity contribution < 1.29 is 24.2 Å². The van der Waals surface area contributed by atoms with E-state index in [-0.39, 0.29) is 11.3 Å². The highest BCUT2D eigenvalue weighted by molar-refractivity contribution is 6.46. The number of imidazole rings is 1. The van der Waals surface area contributed by atoms with Crippen LogP contribution in [-0.4, -0.2) is 52.0 Å². The Morgan fingerprint density at radius 3 is 2.45 bits per heavy atom. The summed E-state index contributed by atoms with van der Waals surface area (Å²) in [5.41, 5.74) is 1.10. The van der Waals surface area contributed by atoms with Gasteiger partial charge < -0.3 is 24.0 Å². The zero-order valence-electron chi connectivity index (χ0n) is 18.5. The van der Waals surface area contributed by atoms with E-state index in [4.69, 9.17) is 9.47 Å². The van der Waals surface area contributed by atoms with E-state index in [9.17, 15) is 14.7 Å². The Morgan fingerprint density at radius 1 is 1.03 bits per heavy atom. The van der Waals surface area contributed by atoms with Gasteiger partial charge in [0.1, 0.15) is 17.3 Å². The maximum absolute atomic E-state index is 13.1. The number of rotatable bonds is 8. The SMILES string of the molecule is COc1ccc(C2/C(=C(\O)c3ccccc3OC)C(=O)C(=O)N2CCCn2ccnc2)cc1. The molecule has 8 nitrogen and oxygen atoms in total.